The Morgan fingerprint density at radius 3 is 1.64 bits per heavy atom. The van der Waals surface area contributed by atoms with Crippen molar-refractivity contribution in [1.29, 1.82) is 0 Å². The highest BCUT2D eigenvalue weighted by Gasteiger charge is 2.32. The number of likely N-dealkylation sites (N-methyl/N-ethyl adjacent to an activating group) is 2. The topological polar surface area (TPSA) is 112 Å². The third-order valence-corrected chi connectivity index (χ3v) is 9.77. The fourth-order valence-corrected chi connectivity index (χ4v) is 6.79. The van der Waals surface area contributed by atoms with E-state index in [1.54, 1.807) is 21.8 Å². The van der Waals surface area contributed by atoms with E-state index in [1.807, 2.05) is 72.6 Å². The molecule has 2 aliphatic heterocycles. The SMILES string of the molecule is CN1CCN(c2cc(Nc3ncn(-c4ccccc4)n3)cc(C(F)(F)F)c2)CC1.Cc1cc(Br)cc(N2CCN(C)CC2)c1.Nc1ncn(-c2ccccc2)n1. The van der Waals surface area contributed by atoms with Gasteiger partial charge in [-0.15, -0.1) is 10.2 Å². The molecule has 0 atom stereocenters. The van der Waals surface area contributed by atoms with Crippen LogP contribution in [0, 0.1) is 6.92 Å². The molecule has 294 valence electrons. The Bertz CT molecular complexity index is 2110. The van der Waals surface area contributed by atoms with E-state index in [0.29, 0.717) is 30.4 Å². The van der Waals surface area contributed by atoms with Crippen molar-refractivity contribution in [1.82, 2.24) is 39.3 Å². The minimum atomic E-state index is -4.43. The van der Waals surface area contributed by atoms with Gasteiger partial charge in [-0.25, -0.2) is 14.3 Å². The lowest BCUT2D eigenvalue weighted by atomic mass is 10.1. The number of aromatic nitrogens is 6. The molecule has 0 unspecified atom stereocenters. The first-order valence-corrected chi connectivity index (χ1v) is 19.0. The molecule has 2 aromatic heterocycles. The monoisotopic (exact) mass is 830 g/mol. The number of nitrogens with one attached hydrogen (secondary N) is 1. The van der Waals surface area contributed by atoms with Crippen LogP contribution in [0.15, 0.2) is 114 Å². The van der Waals surface area contributed by atoms with Gasteiger partial charge in [-0.3, -0.25) is 0 Å². The summed E-state index contributed by atoms with van der Waals surface area (Å²) in [6, 6.07) is 29.7. The van der Waals surface area contributed by atoms with Gasteiger partial charge in [0.15, 0.2) is 0 Å². The van der Waals surface area contributed by atoms with Crippen molar-refractivity contribution >= 4 is 44.9 Å². The van der Waals surface area contributed by atoms with Gasteiger partial charge in [0.05, 0.1) is 16.9 Å². The number of anilines is 5. The second-order valence-electron chi connectivity index (χ2n) is 13.7. The molecule has 6 aromatic rings. The largest absolute Gasteiger partial charge is 0.416 e. The predicted molar refractivity (Wildman–Crippen MR) is 220 cm³/mol. The first-order chi connectivity index (χ1) is 26.9. The molecule has 0 aliphatic carbocycles. The smallest absolute Gasteiger partial charge is 0.369 e. The lowest BCUT2D eigenvalue weighted by molar-refractivity contribution is -0.137. The standard InChI is InChI=1S/C20H21F3N6.C12H17BrN2.C8H8N4/c1-27-7-9-28(10-8-27)18-12-15(20(21,22)23)11-16(13-18)25-19-24-14-29(26-19)17-5-3-2-4-6-17;1-10-7-11(13)9-12(8-10)15-5-3-14(2)4-6-15;9-8-10-6-12(11-8)7-4-2-1-3-5-7/h2-6,11-14H,7-10H2,1H3,(H,25,26);7-9H,3-6H2,1-2H3;1-6H,(H2,9,11). The van der Waals surface area contributed by atoms with E-state index in [1.165, 1.54) is 28.1 Å². The summed E-state index contributed by atoms with van der Waals surface area (Å²) in [7, 11) is 4.19. The van der Waals surface area contributed by atoms with Crippen LogP contribution in [0.4, 0.5) is 42.1 Å². The molecule has 0 radical (unpaired) electrons. The fraction of sp³-hybridized carbons (Fsp3) is 0.300. The number of nitrogens with zero attached hydrogens (tertiary/aromatic N) is 10. The van der Waals surface area contributed by atoms with Crippen molar-refractivity contribution in [2.24, 2.45) is 0 Å². The first kappa shape index (κ1) is 40.2. The summed E-state index contributed by atoms with van der Waals surface area (Å²) in [5, 5.41) is 11.2. The number of hydrogen-bond donors (Lipinski definition) is 2. The third-order valence-electron chi connectivity index (χ3n) is 9.31. The summed E-state index contributed by atoms with van der Waals surface area (Å²) >= 11 is 3.55. The van der Waals surface area contributed by atoms with Crippen LogP contribution in [0.2, 0.25) is 0 Å². The number of halogens is 4. The molecule has 16 heteroatoms. The predicted octanol–water partition coefficient (Wildman–Crippen LogP) is 7.14. The van der Waals surface area contributed by atoms with E-state index >= 15 is 0 Å². The van der Waals surface area contributed by atoms with Crippen molar-refractivity contribution in [2.75, 3.05) is 87.3 Å². The van der Waals surface area contributed by atoms with Crippen molar-refractivity contribution in [3.8, 4) is 11.4 Å². The molecule has 3 N–H and O–H groups in total. The van der Waals surface area contributed by atoms with E-state index in [4.69, 9.17) is 5.73 Å². The molecule has 4 heterocycles. The number of nitrogen functional groups attached to an aromatic ring is 1. The molecular weight excluding hydrogens is 785 g/mol. The molecule has 0 bridgehead atoms. The summed E-state index contributed by atoms with van der Waals surface area (Å²) in [5.74, 6) is 0.524. The van der Waals surface area contributed by atoms with Crippen LogP contribution in [0.25, 0.3) is 11.4 Å². The number of para-hydroxylation sites is 2. The van der Waals surface area contributed by atoms with Crippen LogP contribution < -0.4 is 20.9 Å². The molecule has 0 amide bonds. The minimum Gasteiger partial charge on any atom is -0.369 e. The average Bonchev–Trinajstić information content (AvgIpc) is 3.85. The van der Waals surface area contributed by atoms with Crippen LogP contribution in [0.5, 0.6) is 0 Å². The number of piperazine rings is 2. The zero-order valence-electron chi connectivity index (χ0n) is 31.6. The molecular formula is C40H46BrF3N12. The number of benzene rings is 4. The molecule has 2 aliphatic rings. The van der Waals surface area contributed by atoms with Gasteiger partial charge < -0.3 is 30.7 Å². The average molecular weight is 832 g/mol. The number of alkyl halides is 3. The van der Waals surface area contributed by atoms with E-state index in [0.717, 1.165) is 56.7 Å². The highest BCUT2D eigenvalue weighted by atomic mass is 79.9. The van der Waals surface area contributed by atoms with Crippen molar-refractivity contribution in [2.45, 2.75) is 13.1 Å². The van der Waals surface area contributed by atoms with Gasteiger partial charge in [-0.05, 0) is 87.2 Å². The van der Waals surface area contributed by atoms with Gasteiger partial charge in [0.25, 0.3) is 0 Å². The normalized spacial score (nSPS) is 15.1. The number of aryl methyl sites for hydroxylation is 1. The number of nitrogens with two attached hydrogens (primary N) is 1. The second-order valence-corrected chi connectivity index (χ2v) is 14.6. The molecule has 12 nitrogen and oxygen atoms in total. The minimum absolute atomic E-state index is 0.234. The summed E-state index contributed by atoms with van der Waals surface area (Å²) in [6.45, 7) is 9.70. The van der Waals surface area contributed by atoms with Gasteiger partial charge in [-0.2, -0.15) is 18.2 Å². The van der Waals surface area contributed by atoms with Gasteiger partial charge in [0, 0.05) is 73.9 Å². The van der Waals surface area contributed by atoms with Crippen LogP contribution in [0.3, 0.4) is 0 Å². The molecule has 0 saturated carbocycles. The van der Waals surface area contributed by atoms with Crippen molar-refractivity contribution in [3.63, 3.8) is 0 Å². The number of hydrogen-bond acceptors (Lipinski definition) is 10. The van der Waals surface area contributed by atoms with E-state index < -0.39 is 11.7 Å². The van der Waals surface area contributed by atoms with E-state index in [9.17, 15) is 13.2 Å². The maximum Gasteiger partial charge on any atom is 0.416 e. The van der Waals surface area contributed by atoms with Crippen molar-refractivity contribution < 1.29 is 13.2 Å². The Kier molecular flexibility index (Phi) is 13.3. The second kappa shape index (κ2) is 18.5. The van der Waals surface area contributed by atoms with E-state index in [-0.39, 0.29) is 5.95 Å². The maximum atomic E-state index is 13.5. The Morgan fingerprint density at radius 1 is 0.625 bits per heavy atom. The maximum absolute atomic E-state index is 13.5. The zero-order chi connectivity index (χ0) is 39.7. The van der Waals surface area contributed by atoms with Gasteiger partial charge >= 0.3 is 6.18 Å². The lowest BCUT2D eigenvalue weighted by Gasteiger charge is -2.34. The summed E-state index contributed by atoms with van der Waals surface area (Å²) < 4.78 is 44.7. The quantitative estimate of drug-likeness (QED) is 0.180. The Balaban J connectivity index is 0.000000163. The van der Waals surface area contributed by atoms with Gasteiger partial charge in [0.2, 0.25) is 11.9 Å². The molecule has 56 heavy (non-hydrogen) atoms. The zero-order valence-corrected chi connectivity index (χ0v) is 33.2. The molecule has 8 rings (SSSR count). The third kappa shape index (κ3) is 11.3. The lowest BCUT2D eigenvalue weighted by Crippen LogP contribution is -2.44. The van der Waals surface area contributed by atoms with Crippen LogP contribution >= 0.6 is 15.9 Å². The summed E-state index contributed by atoms with van der Waals surface area (Å²) in [4.78, 5) is 17.0. The van der Waals surface area contributed by atoms with Crippen LogP contribution in [0.1, 0.15) is 11.1 Å². The Morgan fingerprint density at radius 2 is 1.14 bits per heavy atom. The van der Waals surface area contributed by atoms with Crippen LogP contribution in [-0.2, 0) is 6.18 Å². The molecule has 4 aromatic carbocycles. The molecule has 2 saturated heterocycles. The van der Waals surface area contributed by atoms with E-state index in [2.05, 4.69) is 88.3 Å². The fourth-order valence-electron chi connectivity index (χ4n) is 6.19. The van der Waals surface area contributed by atoms with Crippen LogP contribution in [-0.4, -0.2) is 106 Å². The highest BCUT2D eigenvalue weighted by Crippen LogP contribution is 2.35. The number of rotatable bonds is 6. The van der Waals surface area contributed by atoms with Gasteiger partial charge in [-0.1, -0.05) is 52.3 Å². The summed E-state index contributed by atoms with van der Waals surface area (Å²) in [5.41, 5.74) is 9.96. The summed E-state index contributed by atoms with van der Waals surface area (Å²) in [6.07, 6.45) is -1.33. The molecule has 0 spiro atoms. The molecule has 2 fully saturated rings. The first-order valence-electron chi connectivity index (χ1n) is 18.2. The van der Waals surface area contributed by atoms with Gasteiger partial charge in [0.1, 0.15) is 12.7 Å². The highest BCUT2D eigenvalue weighted by molar-refractivity contribution is 9.10. The Labute approximate surface area is 333 Å². The van der Waals surface area contributed by atoms with Crippen molar-refractivity contribution in [3.05, 3.63) is 125 Å². The Hall–Kier alpha value is -5.45.